The molecule has 1 aromatic rings. The van der Waals surface area contributed by atoms with Gasteiger partial charge in [0.1, 0.15) is 0 Å². The number of hydrogen-bond acceptors (Lipinski definition) is 3. The van der Waals surface area contributed by atoms with Crippen LogP contribution in [0.4, 0.5) is 0 Å². The third-order valence-corrected chi connectivity index (χ3v) is 4.49. The van der Waals surface area contributed by atoms with Gasteiger partial charge in [-0.05, 0) is 24.6 Å². The normalized spacial score (nSPS) is 12.1. The summed E-state index contributed by atoms with van der Waals surface area (Å²) in [6.45, 7) is 6.66. The summed E-state index contributed by atoms with van der Waals surface area (Å²) in [6, 6.07) is 5.20. The Morgan fingerprint density at radius 2 is 1.94 bits per heavy atom. The monoisotopic (exact) mass is 290 g/mol. The van der Waals surface area contributed by atoms with Crippen LogP contribution in [0.3, 0.4) is 0 Å². The van der Waals surface area contributed by atoms with Crippen LogP contribution in [0.15, 0.2) is 23.1 Å². The zero-order valence-electron chi connectivity index (χ0n) is 10.8. The summed E-state index contributed by atoms with van der Waals surface area (Å²) in [7, 11) is -3.49. The fourth-order valence-corrected chi connectivity index (χ4v) is 3.03. The minimum Gasteiger partial charge on any atom is -0.313 e. The molecule has 0 saturated carbocycles. The maximum atomic E-state index is 12.1. The van der Waals surface area contributed by atoms with Gasteiger partial charge in [0.25, 0.3) is 0 Å². The van der Waals surface area contributed by atoms with Crippen LogP contribution >= 0.6 is 11.6 Å². The number of halogens is 1. The molecule has 0 aliphatic heterocycles. The van der Waals surface area contributed by atoms with Crippen molar-refractivity contribution in [3.8, 4) is 0 Å². The zero-order valence-corrected chi connectivity index (χ0v) is 12.4. The van der Waals surface area contributed by atoms with Gasteiger partial charge in [0.2, 0.25) is 10.0 Å². The van der Waals surface area contributed by atoms with Gasteiger partial charge < -0.3 is 5.32 Å². The Labute approximate surface area is 114 Å². The minimum absolute atomic E-state index is 0.236. The zero-order chi connectivity index (χ0) is 13.8. The molecule has 0 aromatic heterocycles. The van der Waals surface area contributed by atoms with E-state index < -0.39 is 10.0 Å². The van der Waals surface area contributed by atoms with E-state index in [9.17, 15) is 8.42 Å². The van der Waals surface area contributed by atoms with Gasteiger partial charge >= 0.3 is 0 Å². The lowest BCUT2D eigenvalue weighted by atomic mass is 10.2. The molecular weight excluding hydrogens is 272 g/mol. The Morgan fingerprint density at radius 3 is 2.56 bits per heavy atom. The highest BCUT2D eigenvalue weighted by atomic mass is 35.5. The van der Waals surface area contributed by atoms with Gasteiger partial charge in [0, 0.05) is 24.2 Å². The maximum Gasteiger partial charge on any atom is 0.240 e. The molecule has 4 nitrogen and oxygen atoms in total. The van der Waals surface area contributed by atoms with Crippen molar-refractivity contribution in [2.45, 2.75) is 31.7 Å². The summed E-state index contributed by atoms with van der Waals surface area (Å²) in [4.78, 5) is 0.236. The summed E-state index contributed by atoms with van der Waals surface area (Å²) in [5, 5.41) is 3.60. The van der Waals surface area contributed by atoms with Gasteiger partial charge in [-0.25, -0.2) is 13.1 Å². The molecule has 0 bridgehead atoms. The molecule has 2 N–H and O–H groups in total. The van der Waals surface area contributed by atoms with Crippen LogP contribution in [-0.2, 0) is 10.0 Å². The second-order valence-electron chi connectivity index (χ2n) is 4.37. The Kier molecular flexibility index (Phi) is 5.59. The van der Waals surface area contributed by atoms with Crippen LogP contribution in [0.2, 0.25) is 5.02 Å². The Hall–Kier alpha value is -0.620. The summed E-state index contributed by atoms with van der Waals surface area (Å²) in [5.74, 6) is 0. The molecule has 0 aliphatic rings. The highest BCUT2D eigenvalue weighted by Gasteiger charge is 2.17. The third-order valence-electron chi connectivity index (χ3n) is 2.48. The molecule has 0 heterocycles. The van der Waals surface area contributed by atoms with Gasteiger partial charge in [-0.1, -0.05) is 31.5 Å². The van der Waals surface area contributed by atoms with E-state index in [2.05, 4.69) is 10.0 Å². The predicted molar refractivity (Wildman–Crippen MR) is 74.5 cm³/mol. The van der Waals surface area contributed by atoms with Crippen molar-refractivity contribution in [2.75, 3.05) is 13.1 Å². The largest absolute Gasteiger partial charge is 0.313 e. The average molecular weight is 291 g/mol. The molecule has 6 heteroatoms. The predicted octanol–water partition coefficient (Wildman–Crippen LogP) is 1.92. The molecule has 0 radical (unpaired) electrons. The Morgan fingerprint density at radius 1 is 1.28 bits per heavy atom. The van der Waals surface area contributed by atoms with Crippen molar-refractivity contribution in [1.82, 2.24) is 10.0 Å². The van der Waals surface area contributed by atoms with E-state index in [0.29, 0.717) is 29.7 Å². The fourth-order valence-electron chi connectivity index (χ4n) is 1.50. The second kappa shape index (κ2) is 6.52. The molecule has 0 aliphatic carbocycles. The lowest BCUT2D eigenvalue weighted by Gasteiger charge is -2.11. The highest BCUT2D eigenvalue weighted by molar-refractivity contribution is 7.89. The average Bonchev–Trinajstić information content (AvgIpc) is 2.28. The lowest BCUT2D eigenvalue weighted by molar-refractivity contribution is 0.559. The molecule has 1 aromatic carbocycles. The van der Waals surface area contributed by atoms with E-state index in [-0.39, 0.29) is 4.90 Å². The molecule has 102 valence electrons. The third kappa shape index (κ3) is 4.24. The number of hydrogen-bond donors (Lipinski definition) is 2. The van der Waals surface area contributed by atoms with Crippen LogP contribution in [-0.4, -0.2) is 27.5 Å². The SMILES string of the molecule is Cc1c(Cl)cccc1S(=O)(=O)NCCNC(C)C. The van der Waals surface area contributed by atoms with Crippen molar-refractivity contribution in [3.63, 3.8) is 0 Å². The molecule has 0 atom stereocenters. The van der Waals surface area contributed by atoms with E-state index in [1.54, 1.807) is 25.1 Å². The van der Waals surface area contributed by atoms with Crippen molar-refractivity contribution >= 4 is 21.6 Å². The van der Waals surface area contributed by atoms with Crippen LogP contribution in [0.25, 0.3) is 0 Å². The summed E-state index contributed by atoms with van der Waals surface area (Å²) in [5.41, 5.74) is 0.573. The first-order valence-corrected chi connectivity index (χ1v) is 7.69. The smallest absolute Gasteiger partial charge is 0.240 e. The molecule has 1 rings (SSSR count). The summed E-state index contributed by atoms with van der Waals surface area (Å²) in [6.07, 6.45) is 0. The molecule has 18 heavy (non-hydrogen) atoms. The molecule has 0 saturated heterocycles. The second-order valence-corrected chi connectivity index (χ2v) is 6.51. The van der Waals surface area contributed by atoms with Gasteiger partial charge in [-0.3, -0.25) is 0 Å². The Bertz CT molecular complexity index is 501. The number of rotatable bonds is 6. The Balaban J connectivity index is 2.72. The summed E-state index contributed by atoms with van der Waals surface area (Å²) >= 11 is 5.92. The van der Waals surface area contributed by atoms with Gasteiger partial charge in [-0.15, -0.1) is 0 Å². The molecule has 0 unspecified atom stereocenters. The van der Waals surface area contributed by atoms with Crippen LogP contribution < -0.4 is 10.0 Å². The molecular formula is C12H19ClN2O2S. The van der Waals surface area contributed by atoms with Crippen LogP contribution in [0, 0.1) is 6.92 Å². The van der Waals surface area contributed by atoms with Gasteiger partial charge in [0.15, 0.2) is 0 Å². The number of nitrogens with one attached hydrogen (secondary N) is 2. The fraction of sp³-hybridized carbons (Fsp3) is 0.500. The van der Waals surface area contributed by atoms with E-state index in [1.807, 2.05) is 13.8 Å². The maximum absolute atomic E-state index is 12.1. The molecule has 0 amide bonds. The highest BCUT2D eigenvalue weighted by Crippen LogP contribution is 2.22. The quantitative estimate of drug-likeness (QED) is 0.787. The summed E-state index contributed by atoms with van der Waals surface area (Å²) < 4.78 is 26.7. The lowest BCUT2D eigenvalue weighted by Crippen LogP contribution is -2.34. The van der Waals surface area contributed by atoms with Crippen molar-refractivity contribution in [3.05, 3.63) is 28.8 Å². The molecule has 0 spiro atoms. The van der Waals surface area contributed by atoms with Crippen molar-refractivity contribution < 1.29 is 8.42 Å². The standard InChI is InChI=1S/C12H19ClN2O2S/c1-9(2)14-7-8-15-18(16,17)12-6-4-5-11(13)10(12)3/h4-6,9,14-15H,7-8H2,1-3H3. The topological polar surface area (TPSA) is 58.2 Å². The van der Waals surface area contributed by atoms with Gasteiger partial charge in [0.05, 0.1) is 4.90 Å². The van der Waals surface area contributed by atoms with Crippen molar-refractivity contribution in [2.24, 2.45) is 0 Å². The first-order chi connectivity index (χ1) is 8.34. The van der Waals surface area contributed by atoms with E-state index >= 15 is 0 Å². The van der Waals surface area contributed by atoms with E-state index in [4.69, 9.17) is 11.6 Å². The van der Waals surface area contributed by atoms with E-state index in [0.717, 1.165) is 0 Å². The van der Waals surface area contributed by atoms with Gasteiger partial charge in [-0.2, -0.15) is 0 Å². The van der Waals surface area contributed by atoms with Crippen molar-refractivity contribution in [1.29, 1.82) is 0 Å². The van der Waals surface area contributed by atoms with Crippen LogP contribution in [0.1, 0.15) is 19.4 Å². The van der Waals surface area contributed by atoms with E-state index in [1.165, 1.54) is 0 Å². The first-order valence-electron chi connectivity index (χ1n) is 5.83. The number of benzene rings is 1. The number of sulfonamides is 1. The minimum atomic E-state index is -3.49. The van der Waals surface area contributed by atoms with Crippen LogP contribution in [0.5, 0.6) is 0 Å². The first kappa shape index (κ1) is 15.4. The molecule has 0 fully saturated rings.